The lowest BCUT2D eigenvalue weighted by atomic mass is 10.2. The van der Waals surface area contributed by atoms with Crippen LogP contribution in [-0.4, -0.2) is 64.9 Å². The van der Waals surface area contributed by atoms with Crippen LogP contribution in [0.15, 0.2) is 35.6 Å². The molecule has 1 aliphatic heterocycles. The highest BCUT2D eigenvalue weighted by molar-refractivity contribution is 8.00. The molecule has 0 N–H and O–H groups in total. The van der Waals surface area contributed by atoms with Crippen molar-refractivity contribution in [2.75, 3.05) is 44.1 Å². The van der Waals surface area contributed by atoms with Gasteiger partial charge >= 0.3 is 0 Å². The summed E-state index contributed by atoms with van der Waals surface area (Å²) in [6.07, 6.45) is 0.0765. The van der Waals surface area contributed by atoms with E-state index in [0.29, 0.717) is 29.9 Å². The van der Waals surface area contributed by atoms with Crippen molar-refractivity contribution in [1.29, 1.82) is 0 Å². The normalized spacial score (nSPS) is 14.3. The van der Waals surface area contributed by atoms with Crippen LogP contribution in [0.3, 0.4) is 0 Å². The largest absolute Gasteiger partial charge is 0.495 e. The molecular formula is C20H19F2N5O3S. The van der Waals surface area contributed by atoms with Crippen LogP contribution in [0.4, 0.5) is 14.6 Å². The second-order valence-corrected chi connectivity index (χ2v) is 7.61. The smallest absolute Gasteiger partial charge is 0.297 e. The van der Waals surface area contributed by atoms with Gasteiger partial charge in [0.1, 0.15) is 16.6 Å². The molecule has 31 heavy (non-hydrogen) atoms. The van der Waals surface area contributed by atoms with E-state index in [2.05, 4.69) is 24.8 Å². The van der Waals surface area contributed by atoms with Crippen LogP contribution in [0, 0.1) is 0 Å². The van der Waals surface area contributed by atoms with Gasteiger partial charge in [-0.2, -0.15) is 0 Å². The van der Waals surface area contributed by atoms with Crippen molar-refractivity contribution in [2.45, 2.75) is 11.5 Å². The number of rotatable bonds is 7. The number of thioether (sulfide) groups is 1. The topological polar surface area (TPSA) is 90.3 Å². The predicted molar refractivity (Wildman–Crippen MR) is 111 cm³/mol. The molecule has 1 aliphatic rings. The fraction of sp³-hybridized carbons (Fsp3) is 0.350. The van der Waals surface area contributed by atoms with Gasteiger partial charge in [0, 0.05) is 24.8 Å². The number of nitrogens with zero attached hydrogens (tertiary/aromatic N) is 5. The summed E-state index contributed by atoms with van der Waals surface area (Å²) in [6.45, 7) is 2.79. The minimum Gasteiger partial charge on any atom is -0.495 e. The van der Waals surface area contributed by atoms with Crippen molar-refractivity contribution in [2.24, 2.45) is 0 Å². The van der Waals surface area contributed by atoms with Gasteiger partial charge in [0.2, 0.25) is 0 Å². The van der Waals surface area contributed by atoms with Crippen LogP contribution in [0.2, 0.25) is 0 Å². The number of methoxy groups -OCH3 is 1. The highest BCUT2D eigenvalue weighted by atomic mass is 32.2. The maximum Gasteiger partial charge on any atom is 0.297 e. The third-order valence-corrected chi connectivity index (χ3v) is 5.68. The van der Waals surface area contributed by atoms with Gasteiger partial charge in [-0.3, -0.25) is 4.79 Å². The van der Waals surface area contributed by atoms with E-state index in [9.17, 15) is 13.6 Å². The van der Waals surface area contributed by atoms with Crippen molar-refractivity contribution in [3.8, 4) is 5.75 Å². The van der Waals surface area contributed by atoms with E-state index in [1.165, 1.54) is 19.5 Å². The van der Waals surface area contributed by atoms with Crippen LogP contribution in [0.5, 0.6) is 5.75 Å². The van der Waals surface area contributed by atoms with Crippen LogP contribution < -0.4 is 9.64 Å². The van der Waals surface area contributed by atoms with E-state index in [1.807, 2.05) is 0 Å². The summed E-state index contributed by atoms with van der Waals surface area (Å²) < 4.78 is 36.9. The molecule has 11 heteroatoms. The maximum absolute atomic E-state index is 13.2. The van der Waals surface area contributed by atoms with Crippen molar-refractivity contribution in [3.63, 3.8) is 0 Å². The fourth-order valence-corrected chi connectivity index (χ4v) is 3.95. The number of morpholine rings is 1. The zero-order chi connectivity index (χ0) is 21.8. The first kappa shape index (κ1) is 21.3. The number of Topliss-reactive ketones (excluding diaryl/α,β-unsaturated/α-hetero) is 1. The van der Waals surface area contributed by atoms with Gasteiger partial charge in [-0.15, -0.1) is 0 Å². The second-order valence-electron chi connectivity index (χ2n) is 6.65. The quantitative estimate of drug-likeness (QED) is 0.308. The van der Waals surface area contributed by atoms with Gasteiger partial charge in [-0.05, 0) is 18.2 Å². The van der Waals surface area contributed by atoms with Crippen LogP contribution in [0.25, 0.3) is 11.0 Å². The molecule has 0 radical (unpaired) electrons. The van der Waals surface area contributed by atoms with E-state index >= 15 is 0 Å². The number of aromatic nitrogens is 4. The summed E-state index contributed by atoms with van der Waals surface area (Å²) in [6, 6.07) is 5.13. The Bertz CT molecular complexity index is 1080. The number of halogens is 2. The number of carbonyl (C=O) groups is 1. The molecule has 3 aromatic heterocycles. The number of ketones is 1. The molecule has 0 unspecified atom stereocenters. The monoisotopic (exact) mass is 447 g/mol. The maximum atomic E-state index is 13.2. The number of alkyl halides is 2. The molecular weight excluding hydrogens is 428 g/mol. The Morgan fingerprint density at radius 1 is 1.23 bits per heavy atom. The number of anilines is 1. The Labute approximate surface area is 181 Å². The standard InChI is InChI=1S/C20H19F2N5O3S/c1-29-13-8-14-18(24-10-13)25-19(17(21)22)26-20(14)31-11-15(28)12-2-3-16(23-9-12)27-4-6-30-7-5-27/h2-3,8-10,17H,4-7,11H2,1H3. The fourth-order valence-electron chi connectivity index (χ4n) is 3.05. The lowest BCUT2D eigenvalue weighted by molar-refractivity contribution is 0.102. The molecule has 8 nitrogen and oxygen atoms in total. The number of hydrogen-bond donors (Lipinski definition) is 0. The Morgan fingerprint density at radius 3 is 2.71 bits per heavy atom. The zero-order valence-corrected chi connectivity index (χ0v) is 17.4. The third-order valence-electron chi connectivity index (χ3n) is 4.68. The van der Waals surface area contributed by atoms with E-state index in [4.69, 9.17) is 9.47 Å². The Balaban J connectivity index is 1.51. The molecule has 0 aliphatic carbocycles. The lowest BCUT2D eigenvalue weighted by Gasteiger charge is -2.27. The molecule has 0 saturated carbocycles. The molecule has 162 valence electrons. The minimum absolute atomic E-state index is 0.00455. The van der Waals surface area contributed by atoms with Gasteiger partial charge < -0.3 is 14.4 Å². The van der Waals surface area contributed by atoms with Gasteiger partial charge in [0.25, 0.3) is 6.43 Å². The SMILES string of the molecule is COc1cnc2nc(C(F)F)nc(SCC(=O)c3ccc(N4CCOCC4)nc3)c2c1. The van der Waals surface area contributed by atoms with Gasteiger partial charge in [-0.1, -0.05) is 11.8 Å². The average Bonchev–Trinajstić information content (AvgIpc) is 2.82. The second kappa shape index (κ2) is 9.48. The van der Waals surface area contributed by atoms with Crippen LogP contribution in [-0.2, 0) is 4.74 Å². The Morgan fingerprint density at radius 2 is 2.03 bits per heavy atom. The predicted octanol–water partition coefficient (Wildman–Crippen LogP) is 3.18. The van der Waals surface area contributed by atoms with Gasteiger partial charge in [-0.25, -0.2) is 28.7 Å². The number of fused-ring (bicyclic) bond motifs is 1. The summed E-state index contributed by atoms with van der Waals surface area (Å²) in [5.41, 5.74) is 0.560. The molecule has 1 fully saturated rings. The number of carbonyl (C=O) groups excluding carboxylic acids is 1. The highest BCUT2D eigenvalue weighted by Gasteiger charge is 2.19. The summed E-state index contributed by atoms with van der Waals surface area (Å²) >= 11 is 1.05. The lowest BCUT2D eigenvalue weighted by Crippen LogP contribution is -2.36. The minimum atomic E-state index is -2.85. The number of hydrogen-bond acceptors (Lipinski definition) is 9. The Kier molecular flexibility index (Phi) is 6.52. The van der Waals surface area contributed by atoms with Gasteiger partial charge in [0.05, 0.1) is 37.7 Å². The first-order valence-electron chi connectivity index (χ1n) is 9.49. The number of ether oxygens (including phenoxy) is 2. The molecule has 0 aromatic carbocycles. The van der Waals surface area contributed by atoms with E-state index < -0.39 is 12.2 Å². The molecule has 1 saturated heterocycles. The average molecular weight is 447 g/mol. The summed E-state index contributed by atoms with van der Waals surface area (Å²) in [5.74, 6) is 0.416. The molecule has 0 bridgehead atoms. The summed E-state index contributed by atoms with van der Waals surface area (Å²) in [5, 5.41) is 0.695. The molecule has 0 amide bonds. The van der Waals surface area contributed by atoms with Crippen molar-refractivity contribution in [3.05, 3.63) is 42.0 Å². The first-order chi connectivity index (χ1) is 15.0. The van der Waals surface area contributed by atoms with Gasteiger partial charge in [0.15, 0.2) is 17.3 Å². The molecule has 0 atom stereocenters. The van der Waals surface area contributed by atoms with E-state index in [-0.39, 0.29) is 22.2 Å². The molecule has 3 aromatic rings. The van der Waals surface area contributed by atoms with E-state index in [1.54, 1.807) is 18.2 Å². The van der Waals surface area contributed by atoms with Crippen molar-refractivity contribution >= 4 is 34.4 Å². The van der Waals surface area contributed by atoms with E-state index in [0.717, 1.165) is 30.7 Å². The Hall–Kier alpha value is -2.92. The van der Waals surface area contributed by atoms with Crippen molar-refractivity contribution in [1.82, 2.24) is 19.9 Å². The highest BCUT2D eigenvalue weighted by Crippen LogP contribution is 2.30. The molecule has 4 heterocycles. The molecule has 4 rings (SSSR count). The number of pyridine rings is 2. The first-order valence-corrected chi connectivity index (χ1v) is 10.5. The van der Waals surface area contributed by atoms with Crippen LogP contribution >= 0.6 is 11.8 Å². The summed E-state index contributed by atoms with van der Waals surface area (Å²) in [4.78, 5) is 30.9. The zero-order valence-electron chi connectivity index (χ0n) is 16.6. The van der Waals surface area contributed by atoms with Crippen molar-refractivity contribution < 1.29 is 23.0 Å². The third kappa shape index (κ3) is 4.88. The molecule has 0 spiro atoms. The summed E-state index contributed by atoms with van der Waals surface area (Å²) in [7, 11) is 1.47. The van der Waals surface area contributed by atoms with Crippen LogP contribution in [0.1, 0.15) is 22.6 Å².